The maximum absolute atomic E-state index is 5.53. The van der Waals surface area contributed by atoms with E-state index >= 15 is 0 Å². The molecule has 290 valence electrons. The van der Waals surface area contributed by atoms with Gasteiger partial charge in [0.25, 0.3) is 0 Å². The van der Waals surface area contributed by atoms with Crippen molar-refractivity contribution in [1.29, 1.82) is 0 Å². The van der Waals surface area contributed by atoms with E-state index in [1.165, 1.54) is 0 Å². The highest BCUT2D eigenvalue weighted by atomic mass is 15.1. The first-order valence-electron chi connectivity index (χ1n) is 20.5. The Hall–Kier alpha value is -8.62. The SMILES string of the molecule is c1ccc(-c2nc(-c3cccc(-c4ccccc4)c3-n3c4ccccc4c4ccncc43)nc(-c3cccc(-c4ccccn4)c3-n3c4ccccc4c4ccncc43)n2)cc1. The van der Waals surface area contributed by atoms with Crippen LogP contribution in [0.4, 0.5) is 0 Å². The molecule has 8 nitrogen and oxygen atoms in total. The summed E-state index contributed by atoms with van der Waals surface area (Å²) in [4.78, 5) is 30.4. The number of nitrogens with zero attached hydrogens (tertiary/aromatic N) is 8. The van der Waals surface area contributed by atoms with Crippen LogP contribution >= 0.6 is 0 Å². The smallest absolute Gasteiger partial charge is 0.166 e. The lowest BCUT2D eigenvalue weighted by Gasteiger charge is -2.20. The molecule has 12 aromatic rings. The van der Waals surface area contributed by atoms with E-state index in [1.54, 1.807) is 0 Å². The normalized spacial score (nSPS) is 11.5. The lowest BCUT2D eigenvalue weighted by Crippen LogP contribution is -2.07. The van der Waals surface area contributed by atoms with Gasteiger partial charge in [-0.05, 0) is 54.1 Å². The standard InChI is InChI=1S/C54H34N8/c1-3-15-35(16-4-1)37-21-13-23-43(50(37)61-46-26-9-7-19-38(46)40-28-31-55-33-48(40)61)53-58-52(36-17-5-2-6-18-36)59-54(60-53)44-24-14-22-42(45-25-11-12-30-57-45)51(44)62-47-27-10-8-20-39(47)41-29-32-56-34-49(41)62/h1-34H. The van der Waals surface area contributed by atoms with Crippen LogP contribution in [-0.2, 0) is 0 Å². The van der Waals surface area contributed by atoms with Gasteiger partial charge in [0.05, 0.1) is 51.5 Å². The summed E-state index contributed by atoms with van der Waals surface area (Å²) in [6, 6.07) is 60.5. The molecule has 6 aromatic carbocycles. The number of hydrogen-bond acceptors (Lipinski definition) is 6. The van der Waals surface area contributed by atoms with Crippen molar-refractivity contribution in [3.05, 3.63) is 207 Å². The summed E-state index contributed by atoms with van der Waals surface area (Å²) in [6.07, 6.45) is 9.43. The van der Waals surface area contributed by atoms with Gasteiger partial charge in [0, 0.05) is 68.0 Å². The highest BCUT2D eigenvalue weighted by Crippen LogP contribution is 2.43. The second-order valence-electron chi connectivity index (χ2n) is 15.1. The second kappa shape index (κ2) is 14.6. The zero-order valence-electron chi connectivity index (χ0n) is 33.2. The van der Waals surface area contributed by atoms with Crippen LogP contribution in [-0.4, -0.2) is 39.0 Å². The number of para-hydroxylation sites is 4. The average molecular weight is 795 g/mol. The van der Waals surface area contributed by atoms with Gasteiger partial charge in [0.2, 0.25) is 0 Å². The third-order valence-corrected chi connectivity index (χ3v) is 11.6. The molecule has 0 saturated heterocycles. The quantitative estimate of drug-likeness (QED) is 0.160. The monoisotopic (exact) mass is 794 g/mol. The number of pyridine rings is 3. The molecule has 0 fully saturated rings. The molecule has 12 rings (SSSR count). The van der Waals surface area contributed by atoms with E-state index in [2.05, 4.69) is 140 Å². The number of rotatable bonds is 7. The maximum Gasteiger partial charge on any atom is 0.166 e. The van der Waals surface area contributed by atoms with E-state index in [4.69, 9.17) is 19.9 Å². The Morgan fingerprint density at radius 3 is 1.35 bits per heavy atom. The Kier molecular flexibility index (Phi) is 8.31. The van der Waals surface area contributed by atoms with E-state index in [9.17, 15) is 0 Å². The molecule has 62 heavy (non-hydrogen) atoms. The summed E-state index contributed by atoms with van der Waals surface area (Å²) in [5.41, 5.74) is 12.3. The predicted molar refractivity (Wildman–Crippen MR) is 249 cm³/mol. The van der Waals surface area contributed by atoms with Crippen molar-refractivity contribution < 1.29 is 0 Å². The molecule has 0 aliphatic carbocycles. The fourth-order valence-electron chi connectivity index (χ4n) is 8.96. The first-order valence-corrected chi connectivity index (χ1v) is 20.5. The minimum Gasteiger partial charge on any atom is -0.306 e. The number of fused-ring (bicyclic) bond motifs is 6. The Bertz CT molecular complexity index is 3310. The van der Waals surface area contributed by atoms with Crippen molar-refractivity contribution in [3.8, 4) is 67.9 Å². The summed E-state index contributed by atoms with van der Waals surface area (Å²) in [6.45, 7) is 0. The highest BCUT2D eigenvalue weighted by Gasteiger charge is 2.25. The lowest BCUT2D eigenvalue weighted by atomic mass is 9.98. The third kappa shape index (κ3) is 5.69. The van der Waals surface area contributed by atoms with Gasteiger partial charge < -0.3 is 9.13 Å². The molecule has 8 heteroatoms. The molecule has 0 unspecified atom stereocenters. The molecule has 0 atom stereocenters. The van der Waals surface area contributed by atoms with E-state index in [0.717, 1.165) is 94.1 Å². The molecule has 0 aliphatic rings. The van der Waals surface area contributed by atoms with Crippen LogP contribution in [0.1, 0.15) is 0 Å². The molecule has 6 aromatic heterocycles. The average Bonchev–Trinajstić information content (AvgIpc) is 3.87. The van der Waals surface area contributed by atoms with Crippen molar-refractivity contribution in [3.63, 3.8) is 0 Å². The number of aromatic nitrogens is 8. The summed E-state index contributed by atoms with van der Waals surface area (Å²) < 4.78 is 4.61. The second-order valence-corrected chi connectivity index (χ2v) is 15.1. The first kappa shape index (κ1) is 35.3. The van der Waals surface area contributed by atoms with Crippen LogP contribution < -0.4 is 0 Å². The van der Waals surface area contributed by atoms with Crippen molar-refractivity contribution >= 4 is 43.6 Å². The van der Waals surface area contributed by atoms with Crippen LogP contribution in [0.25, 0.3) is 112 Å². The Morgan fingerprint density at radius 1 is 0.306 bits per heavy atom. The van der Waals surface area contributed by atoms with Crippen molar-refractivity contribution in [2.24, 2.45) is 0 Å². The van der Waals surface area contributed by atoms with Crippen molar-refractivity contribution in [1.82, 2.24) is 39.0 Å². The third-order valence-electron chi connectivity index (χ3n) is 11.6. The van der Waals surface area contributed by atoms with E-state index in [-0.39, 0.29) is 0 Å². The zero-order chi connectivity index (χ0) is 41.0. The van der Waals surface area contributed by atoms with Crippen molar-refractivity contribution in [2.75, 3.05) is 0 Å². The highest BCUT2D eigenvalue weighted by molar-refractivity contribution is 6.11. The van der Waals surface area contributed by atoms with E-state index < -0.39 is 0 Å². The minimum absolute atomic E-state index is 0.524. The molecule has 0 bridgehead atoms. The molecular formula is C54H34N8. The molecule has 0 N–H and O–H groups in total. The van der Waals surface area contributed by atoms with Crippen LogP contribution in [0.5, 0.6) is 0 Å². The fourth-order valence-corrected chi connectivity index (χ4v) is 8.96. The Morgan fingerprint density at radius 2 is 0.774 bits per heavy atom. The van der Waals surface area contributed by atoms with Gasteiger partial charge in [-0.25, -0.2) is 15.0 Å². The lowest BCUT2D eigenvalue weighted by molar-refractivity contribution is 1.06. The summed E-state index contributed by atoms with van der Waals surface area (Å²) in [5.74, 6) is 1.62. The van der Waals surface area contributed by atoms with Gasteiger partial charge in [-0.1, -0.05) is 127 Å². The molecule has 0 radical (unpaired) electrons. The maximum atomic E-state index is 5.53. The predicted octanol–water partition coefficient (Wildman–Crippen LogP) is 12.6. The molecule has 0 amide bonds. The van der Waals surface area contributed by atoms with Gasteiger partial charge in [-0.2, -0.15) is 0 Å². The summed E-state index contributed by atoms with van der Waals surface area (Å²) in [5, 5.41) is 4.47. The van der Waals surface area contributed by atoms with E-state index in [0.29, 0.717) is 17.5 Å². The Labute approximate surface area is 356 Å². The topological polar surface area (TPSA) is 87.2 Å². The largest absolute Gasteiger partial charge is 0.306 e. The van der Waals surface area contributed by atoms with Gasteiger partial charge in [0.15, 0.2) is 17.5 Å². The molecule has 0 saturated carbocycles. The minimum atomic E-state index is 0.524. The molecule has 0 aliphatic heterocycles. The van der Waals surface area contributed by atoms with Gasteiger partial charge in [-0.3, -0.25) is 15.0 Å². The van der Waals surface area contributed by atoms with Crippen LogP contribution in [0.15, 0.2) is 207 Å². The van der Waals surface area contributed by atoms with Gasteiger partial charge >= 0.3 is 0 Å². The van der Waals surface area contributed by atoms with Crippen molar-refractivity contribution in [2.45, 2.75) is 0 Å². The van der Waals surface area contributed by atoms with E-state index in [1.807, 2.05) is 85.6 Å². The van der Waals surface area contributed by atoms with Gasteiger partial charge in [-0.15, -0.1) is 0 Å². The van der Waals surface area contributed by atoms with Crippen LogP contribution in [0, 0.1) is 0 Å². The number of benzene rings is 6. The summed E-state index contributed by atoms with van der Waals surface area (Å²) in [7, 11) is 0. The van der Waals surface area contributed by atoms with Crippen LogP contribution in [0.3, 0.4) is 0 Å². The fraction of sp³-hybridized carbons (Fsp3) is 0. The van der Waals surface area contributed by atoms with Crippen LogP contribution in [0.2, 0.25) is 0 Å². The first-order chi connectivity index (χ1) is 30.8. The Balaban J connectivity index is 1.21. The summed E-state index contributed by atoms with van der Waals surface area (Å²) >= 11 is 0. The number of hydrogen-bond donors (Lipinski definition) is 0. The molecular weight excluding hydrogens is 761 g/mol. The molecule has 6 heterocycles. The van der Waals surface area contributed by atoms with Gasteiger partial charge in [0.1, 0.15) is 0 Å². The zero-order valence-corrected chi connectivity index (χ0v) is 33.2. The molecule has 0 spiro atoms.